The van der Waals surface area contributed by atoms with Crippen LogP contribution < -0.4 is 11.5 Å². The Kier molecular flexibility index (Phi) is 64.3. The number of esters is 1. The maximum atomic E-state index is 12.9. The largest absolute Gasteiger partial charge is 0.695 e. The Balaban J connectivity index is 0.000000985. The maximum absolute atomic E-state index is 12.9. The van der Waals surface area contributed by atoms with Crippen molar-refractivity contribution in [1.82, 2.24) is 14.7 Å². The minimum Gasteiger partial charge on any atom is -0.462 e. The van der Waals surface area contributed by atoms with E-state index in [0.717, 1.165) is 93.6 Å². The van der Waals surface area contributed by atoms with Crippen molar-refractivity contribution in [2.75, 3.05) is 75.6 Å². The van der Waals surface area contributed by atoms with Gasteiger partial charge >= 0.3 is 22.5 Å². The summed E-state index contributed by atoms with van der Waals surface area (Å²) in [6.45, 7) is 6.26. The molecule has 3 aliphatic heterocycles. The minimum absolute atomic E-state index is 0.00786. The number of carbonyl (C=O) groups is 4. The number of amides is 3. The van der Waals surface area contributed by atoms with Crippen LogP contribution in [0.15, 0.2) is 48.6 Å². The van der Waals surface area contributed by atoms with E-state index in [2.05, 4.69) is 62.5 Å². The fourth-order valence-corrected chi connectivity index (χ4v) is 16.6. The van der Waals surface area contributed by atoms with Gasteiger partial charge in [-0.05, 0) is 122 Å². The van der Waals surface area contributed by atoms with Gasteiger partial charge < -0.3 is 51.3 Å². The molecule has 26 heteroatoms. The standard InChI is InChI=1S/C50H88NO7P.C11H21N2O5PS2.C11H22N2O3S2/c1-3-5-7-9-11-13-15-17-19-21-23-25-27-29-31-35-39-47(40-36-32-30-28-26-24-22-20-18-16-14-12-10-8-6-4-2)57-50(54)42-38-34-33-37-41-49(53)51-44-48(58-59(55)56)43-46(51)45-52;12-3-5-21-20-4-1-2-11(15)13-7-10(18-19(16)17)6-9(13)8-14;12-3-5-18-17-4-1-2-11(16)13-7-10(15)6-9(13)8-14/h11-14,17-20,46-48,52H,3-10,15-16,21-45H2,1-2H3;9-10,14H,1-8,12H2;9-10,14-15H,1-8,12H2/p+2/b13-11-,14-12-,19-17-,20-18-;;/t46-,48+;2*9-,10+/m000/s1. The Morgan fingerprint density at radius 3 is 1.17 bits per heavy atom. The average molecular weight is 1500 g/mol. The molecule has 3 heterocycles. The van der Waals surface area contributed by atoms with Crippen LogP contribution in [0, 0.1) is 0 Å². The zero-order valence-corrected chi connectivity index (χ0v) is 65.2. The van der Waals surface area contributed by atoms with Crippen LogP contribution >= 0.6 is 59.7 Å². The van der Waals surface area contributed by atoms with E-state index < -0.39 is 34.8 Å². The summed E-state index contributed by atoms with van der Waals surface area (Å²) < 4.78 is 37.6. The van der Waals surface area contributed by atoms with Crippen molar-refractivity contribution in [1.29, 1.82) is 0 Å². The molecule has 3 rings (SSSR count). The van der Waals surface area contributed by atoms with Gasteiger partial charge in [-0.15, -0.1) is 18.8 Å². The third-order valence-electron chi connectivity index (χ3n) is 17.3. The number of rotatable bonds is 59. The predicted molar refractivity (Wildman–Crippen MR) is 409 cm³/mol. The number of nitrogens with two attached hydrogens (primary N) is 2. The number of aliphatic hydroxyl groups is 4. The van der Waals surface area contributed by atoms with Gasteiger partial charge in [0.1, 0.15) is 18.3 Å². The lowest BCUT2D eigenvalue weighted by atomic mass is 10.0. The van der Waals surface area contributed by atoms with E-state index in [0.29, 0.717) is 71.0 Å². The lowest BCUT2D eigenvalue weighted by Gasteiger charge is -2.22. The van der Waals surface area contributed by atoms with Gasteiger partial charge in [0.05, 0.1) is 57.1 Å². The first-order valence-corrected chi connectivity index (χ1v) is 44.6. The molecule has 0 aromatic heterocycles. The first-order chi connectivity index (χ1) is 47.7. The van der Waals surface area contributed by atoms with Gasteiger partial charge in [-0.3, -0.25) is 19.2 Å². The molecule has 568 valence electrons. The molecule has 0 aromatic rings. The van der Waals surface area contributed by atoms with Gasteiger partial charge in [0.2, 0.25) is 17.7 Å². The summed E-state index contributed by atoms with van der Waals surface area (Å²) in [5.74, 6) is 3.46. The van der Waals surface area contributed by atoms with E-state index in [1.54, 1.807) is 57.9 Å². The molecule has 0 bridgehead atoms. The van der Waals surface area contributed by atoms with Crippen molar-refractivity contribution in [2.45, 2.75) is 307 Å². The molecule has 10 N–H and O–H groups in total. The Morgan fingerprint density at radius 1 is 0.449 bits per heavy atom. The molecule has 0 radical (unpaired) electrons. The van der Waals surface area contributed by atoms with Gasteiger partial charge in [-0.1, -0.05) is 196 Å². The number of β-amino-alcohol motifs (C(OH)–C–C–N with tert-alkyl or cyclic N) is 1. The number of likely N-dealkylation sites (tertiary alicyclic amines) is 3. The highest BCUT2D eigenvalue weighted by Crippen LogP contribution is 2.31. The molecule has 2 unspecified atom stereocenters. The summed E-state index contributed by atoms with van der Waals surface area (Å²) in [6.07, 6.45) is 56.0. The Morgan fingerprint density at radius 2 is 0.786 bits per heavy atom. The zero-order valence-electron chi connectivity index (χ0n) is 60.1. The normalized spacial score (nSPS) is 19.0. The lowest BCUT2D eigenvalue weighted by molar-refractivity contribution is -0.150. The molecule has 20 nitrogen and oxygen atoms in total. The second-order valence-corrected chi connectivity index (χ2v) is 32.6. The smallest absolute Gasteiger partial charge is 0.462 e. The number of aliphatic hydroxyl groups excluding tert-OH is 4. The van der Waals surface area contributed by atoms with Crippen molar-refractivity contribution in [3.05, 3.63) is 48.6 Å². The van der Waals surface area contributed by atoms with Crippen molar-refractivity contribution in [3.63, 3.8) is 0 Å². The molecular formula is C72H133N5O15P2S4+2. The topological polar surface area (TPSA) is 313 Å². The fourth-order valence-electron chi connectivity index (χ4n) is 11.9. The molecule has 0 saturated carbocycles. The highest BCUT2D eigenvalue weighted by Gasteiger charge is 2.41. The van der Waals surface area contributed by atoms with Crippen LogP contribution in [0.5, 0.6) is 0 Å². The second-order valence-electron chi connectivity index (χ2n) is 25.8. The molecule has 0 aliphatic carbocycles. The number of allylic oxidation sites excluding steroid dienone is 8. The van der Waals surface area contributed by atoms with Crippen LogP contribution in [0.4, 0.5) is 0 Å². The van der Waals surface area contributed by atoms with Crippen molar-refractivity contribution < 1.29 is 72.3 Å². The van der Waals surface area contributed by atoms with Crippen LogP contribution in [-0.4, -0.2) is 187 Å². The van der Waals surface area contributed by atoms with Gasteiger partial charge in [0.15, 0.2) is 0 Å². The van der Waals surface area contributed by atoms with Crippen LogP contribution in [0.3, 0.4) is 0 Å². The molecule has 0 spiro atoms. The summed E-state index contributed by atoms with van der Waals surface area (Å²) in [5, 5.41) is 37.6. The third kappa shape index (κ3) is 52.1. The Labute approximate surface area is 609 Å². The summed E-state index contributed by atoms with van der Waals surface area (Å²) in [4.78, 5) is 72.3. The molecule has 8 atom stereocenters. The lowest BCUT2D eigenvalue weighted by Crippen LogP contribution is -2.37. The number of ether oxygens (including phenoxy) is 1. The van der Waals surface area contributed by atoms with Crippen molar-refractivity contribution in [3.8, 4) is 0 Å². The van der Waals surface area contributed by atoms with Gasteiger partial charge in [0.25, 0.3) is 0 Å². The fraction of sp³-hybridized carbons (Fsp3) is 0.833. The molecule has 98 heavy (non-hydrogen) atoms. The Bertz CT molecular complexity index is 2100. The SMILES string of the molecule is CCCCC/C=C\C/C=C\CCCCCCCCC(CCCCCCCC/C=C\C/C=C\CCCCC)OC(=O)CCCCCCC(=O)N1C[C@H](O[P+](=O)O)C[C@H]1CO.NCCSSCCCC(=O)N1C[C@H](O)C[C@H]1CO.NCCSSCCCC(=O)N1C[C@H](O[P+](=O)O)C[C@H]1CO. The van der Waals surface area contributed by atoms with E-state index in [9.17, 15) is 43.6 Å². The Hall–Kier alpha value is -1.96. The van der Waals surface area contributed by atoms with E-state index >= 15 is 0 Å². The van der Waals surface area contributed by atoms with E-state index in [1.165, 1.54) is 128 Å². The number of nitrogens with zero attached hydrogens (tertiary/aromatic N) is 3. The van der Waals surface area contributed by atoms with E-state index in [-0.39, 0.29) is 80.8 Å². The van der Waals surface area contributed by atoms with Crippen molar-refractivity contribution in [2.24, 2.45) is 11.5 Å². The molecule has 3 amide bonds. The molecule has 3 saturated heterocycles. The summed E-state index contributed by atoms with van der Waals surface area (Å²) in [5.41, 5.74) is 10.8. The van der Waals surface area contributed by atoms with E-state index in [4.69, 9.17) is 40.1 Å². The molecule has 0 aromatic carbocycles. The van der Waals surface area contributed by atoms with Crippen LogP contribution in [0.1, 0.15) is 264 Å². The highest BCUT2D eigenvalue weighted by atomic mass is 33.1. The first kappa shape index (κ1) is 94.1. The maximum Gasteiger partial charge on any atom is 0.695 e. The number of carbonyl (C=O) groups excluding carboxylic acids is 4. The summed E-state index contributed by atoms with van der Waals surface area (Å²) in [6, 6.07) is -0.904. The highest BCUT2D eigenvalue weighted by molar-refractivity contribution is 8.77. The number of unbranched alkanes of at least 4 members (excludes halogenated alkanes) is 21. The van der Waals surface area contributed by atoms with Gasteiger partial charge in [-0.25, -0.2) is 0 Å². The molecule has 3 fully saturated rings. The van der Waals surface area contributed by atoms with E-state index in [1.807, 2.05) is 0 Å². The van der Waals surface area contributed by atoms with Gasteiger partial charge in [0, 0.05) is 90.3 Å². The zero-order chi connectivity index (χ0) is 71.9. The van der Waals surface area contributed by atoms with Crippen molar-refractivity contribution >= 4 is 83.4 Å². The monoisotopic (exact) mass is 1500 g/mol. The second kappa shape index (κ2) is 67.0. The molecule has 3 aliphatic rings. The van der Waals surface area contributed by atoms with Gasteiger partial charge in [-0.2, -0.15) is 0 Å². The number of hydrogen-bond acceptors (Lipinski definition) is 19. The van der Waals surface area contributed by atoms with Crippen LogP contribution in [-0.2, 0) is 42.1 Å². The predicted octanol–water partition coefficient (Wildman–Crippen LogP) is 15.1. The quantitative estimate of drug-likeness (QED) is 0.00922. The average Bonchev–Trinajstić information content (AvgIpc) is 1.73. The third-order valence-corrected chi connectivity index (χ3v) is 23.3. The first-order valence-electron chi connectivity index (χ1n) is 37.4. The molecular weight excluding hydrogens is 1370 g/mol. The van der Waals surface area contributed by atoms with Crippen LogP contribution in [0.25, 0.3) is 0 Å². The number of hydrogen-bond donors (Lipinski definition) is 8. The summed E-state index contributed by atoms with van der Waals surface area (Å²) >= 11 is 0. The minimum atomic E-state index is -2.74. The summed E-state index contributed by atoms with van der Waals surface area (Å²) in [7, 11) is 1.44. The van der Waals surface area contributed by atoms with Crippen LogP contribution in [0.2, 0.25) is 0 Å².